The Kier molecular flexibility index (Phi) is 7.22. The Morgan fingerprint density at radius 2 is 1.96 bits per heavy atom. The summed E-state index contributed by atoms with van der Waals surface area (Å²) in [6.45, 7) is 4.00. The first-order valence-electron chi connectivity index (χ1n) is 7.93. The van der Waals surface area contributed by atoms with Gasteiger partial charge in [0.25, 0.3) is 5.91 Å². The highest BCUT2D eigenvalue weighted by Crippen LogP contribution is 2.16. The van der Waals surface area contributed by atoms with Gasteiger partial charge in [-0.3, -0.25) is 14.8 Å². The third-order valence-corrected chi connectivity index (χ3v) is 4.58. The molecule has 6 nitrogen and oxygen atoms in total. The van der Waals surface area contributed by atoms with Crippen LogP contribution in [0.3, 0.4) is 0 Å². The van der Waals surface area contributed by atoms with Crippen LogP contribution in [-0.4, -0.2) is 37.0 Å². The summed E-state index contributed by atoms with van der Waals surface area (Å²) in [5.41, 5.74) is 0.560. The van der Waals surface area contributed by atoms with E-state index in [0.717, 1.165) is 18.9 Å². The normalized spacial score (nSPS) is 11.2. The minimum absolute atomic E-state index is 0.126. The molecule has 7 heteroatoms. The summed E-state index contributed by atoms with van der Waals surface area (Å²) in [6.07, 6.45) is 4.26. The van der Waals surface area contributed by atoms with Gasteiger partial charge in [0.1, 0.15) is 0 Å². The molecule has 0 bridgehead atoms. The number of thiophene rings is 1. The molecule has 0 saturated carbocycles. The smallest absolute Gasteiger partial charge is 0.252 e. The van der Waals surface area contributed by atoms with Crippen LogP contribution in [0.2, 0.25) is 0 Å². The maximum atomic E-state index is 11.9. The summed E-state index contributed by atoms with van der Waals surface area (Å²) >= 11 is 1.81. The average molecular weight is 345 g/mol. The van der Waals surface area contributed by atoms with Gasteiger partial charge in [0.05, 0.1) is 12.1 Å². The predicted octanol–water partition coefficient (Wildman–Crippen LogP) is 1.80. The monoisotopic (exact) mass is 345 g/mol. The van der Waals surface area contributed by atoms with Gasteiger partial charge >= 0.3 is 0 Å². The van der Waals surface area contributed by atoms with Crippen molar-refractivity contribution in [2.24, 2.45) is 4.99 Å². The summed E-state index contributed by atoms with van der Waals surface area (Å²) in [7, 11) is 1.73. The van der Waals surface area contributed by atoms with E-state index in [1.807, 2.05) is 11.3 Å². The molecule has 24 heavy (non-hydrogen) atoms. The van der Waals surface area contributed by atoms with Crippen LogP contribution in [0.1, 0.15) is 27.0 Å². The molecule has 0 fully saturated rings. The van der Waals surface area contributed by atoms with Gasteiger partial charge < -0.3 is 16.0 Å². The first-order valence-corrected chi connectivity index (χ1v) is 8.75. The highest BCUT2D eigenvalue weighted by molar-refractivity contribution is 7.11. The van der Waals surface area contributed by atoms with Crippen LogP contribution in [0.15, 0.2) is 41.7 Å². The zero-order chi connectivity index (χ0) is 17.2. The van der Waals surface area contributed by atoms with Gasteiger partial charge in [-0.2, -0.15) is 0 Å². The van der Waals surface area contributed by atoms with Crippen LogP contribution in [-0.2, 0) is 13.0 Å². The number of nitrogens with one attached hydrogen (secondary N) is 3. The van der Waals surface area contributed by atoms with Crippen LogP contribution in [0.5, 0.6) is 0 Å². The lowest BCUT2D eigenvalue weighted by Crippen LogP contribution is -2.41. The molecular formula is C17H23N5OS. The Morgan fingerprint density at radius 1 is 1.17 bits per heavy atom. The van der Waals surface area contributed by atoms with Gasteiger partial charge in [-0.1, -0.05) is 6.92 Å². The van der Waals surface area contributed by atoms with E-state index in [9.17, 15) is 4.79 Å². The van der Waals surface area contributed by atoms with Crippen molar-refractivity contribution in [3.63, 3.8) is 0 Å². The Morgan fingerprint density at radius 3 is 2.62 bits per heavy atom. The summed E-state index contributed by atoms with van der Waals surface area (Å²) in [5.74, 6) is 0.593. The van der Waals surface area contributed by atoms with E-state index in [1.54, 1.807) is 31.6 Å². The Labute approximate surface area is 146 Å². The molecule has 3 N–H and O–H groups in total. The first-order chi connectivity index (χ1) is 11.7. The number of hydrogen-bond donors (Lipinski definition) is 3. The molecule has 0 spiro atoms. The molecule has 0 atom stereocenters. The largest absolute Gasteiger partial charge is 0.355 e. The number of rotatable bonds is 7. The predicted molar refractivity (Wildman–Crippen MR) is 98.5 cm³/mol. The number of aliphatic imine (C=N–C) groups is 1. The molecule has 1 amide bonds. The van der Waals surface area contributed by atoms with Crippen molar-refractivity contribution in [2.45, 2.75) is 19.9 Å². The minimum Gasteiger partial charge on any atom is -0.355 e. The van der Waals surface area contributed by atoms with Crippen molar-refractivity contribution in [3.05, 3.63) is 52.0 Å². The summed E-state index contributed by atoms with van der Waals surface area (Å²) in [4.78, 5) is 22.6. The maximum Gasteiger partial charge on any atom is 0.252 e. The number of carbonyl (C=O) groups is 1. The number of carbonyl (C=O) groups excluding carboxylic acids is 1. The molecule has 0 saturated heterocycles. The summed E-state index contributed by atoms with van der Waals surface area (Å²) < 4.78 is 0. The van der Waals surface area contributed by atoms with E-state index >= 15 is 0 Å². The fraction of sp³-hybridized carbons (Fsp3) is 0.353. The summed E-state index contributed by atoms with van der Waals surface area (Å²) in [6, 6.07) is 7.78. The molecule has 0 aliphatic rings. The molecular weight excluding hydrogens is 322 g/mol. The Hall–Kier alpha value is -2.41. The average Bonchev–Trinajstić information content (AvgIpc) is 3.09. The molecule has 0 aromatic carbocycles. The quantitative estimate of drug-likeness (QED) is 0.406. The van der Waals surface area contributed by atoms with E-state index in [0.29, 0.717) is 18.7 Å². The van der Waals surface area contributed by atoms with Crippen molar-refractivity contribution in [1.29, 1.82) is 0 Å². The number of hydrogen-bond acceptors (Lipinski definition) is 4. The number of guanidine groups is 1. The molecule has 0 radical (unpaired) electrons. The lowest BCUT2D eigenvalue weighted by molar-refractivity contribution is 0.0954. The second-order valence-corrected chi connectivity index (χ2v) is 6.32. The second kappa shape index (κ2) is 9.67. The second-order valence-electron chi connectivity index (χ2n) is 5.07. The molecule has 2 rings (SSSR count). The van der Waals surface area contributed by atoms with Crippen molar-refractivity contribution in [3.8, 4) is 0 Å². The first kappa shape index (κ1) is 17.9. The SMILES string of the molecule is CCc1ccc(CNC(=NC)NCCNC(=O)c2cccnc2)s1. The van der Waals surface area contributed by atoms with Gasteiger partial charge in [0.15, 0.2) is 5.96 Å². The van der Waals surface area contributed by atoms with Gasteiger partial charge in [-0.25, -0.2) is 0 Å². The lowest BCUT2D eigenvalue weighted by Gasteiger charge is -2.11. The Balaban J connectivity index is 1.67. The molecule has 2 heterocycles. The van der Waals surface area contributed by atoms with Gasteiger partial charge in [-0.15, -0.1) is 11.3 Å². The number of nitrogens with zero attached hydrogens (tertiary/aromatic N) is 2. The van der Waals surface area contributed by atoms with Crippen LogP contribution < -0.4 is 16.0 Å². The number of pyridine rings is 1. The fourth-order valence-electron chi connectivity index (χ4n) is 2.05. The van der Waals surface area contributed by atoms with Crippen molar-refractivity contribution in [2.75, 3.05) is 20.1 Å². The summed E-state index contributed by atoms with van der Waals surface area (Å²) in [5, 5.41) is 9.29. The fourth-order valence-corrected chi connectivity index (χ4v) is 2.95. The minimum atomic E-state index is -0.126. The molecule has 0 unspecified atom stereocenters. The topological polar surface area (TPSA) is 78.4 Å². The van der Waals surface area contributed by atoms with Crippen LogP contribution >= 0.6 is 11.3 Å². The molecule has 0 aliphatic carbocycles. The van der Waals surface area contributed by atoms with Crippen LogP contribution in [0.4, 0.5) is 0 Å². The zero-order valence-corrected chi connectivity index (χ0v) is 14.8. The molecule has 0 aliphatic heterocycles. The van der Waals surface area contributed by atoms with Gasteiger partial charge in [-0.05, 0) is 30.7 Å². The zero-order valence-electron chi connectivity index (χ0n) is 14.0. The highest BCUT2D eigenvalue weighted by atomic mass is 32.1. The van der Waals surface area contributed by atoms with E-state index in [-0.39, 0.29) is 5.91 Å². The number of aryl methyl sites for hydroxylation is 1. The third kappa shape index (κ3) is 5.66. The van der Waals surface area contributed by atoms with Crippen LogP contribution in [0.25, 0.3) is 0 Å². The number of aromatic nitrogens is 1. The molecule has 2 aromatic rings. The van der Waals surface area contributed by atoms with E-state index < -0.39 is 0 Å². The van der Waals surface area contributed by atoms with E-state index in [4.69, 9.17) is 0 Å². The maximum absolute atomic E-state index is 11.9. The van der Waals surface area contributed by atoms with Crippen LogP contribution in [0, 0.1) is 0 Å². The van der Waals surface area contributed by atoms with Crippen molar-refractivity contribution < 1.29 is 4.79 Å². The molecule has 2 aromatic heterocycles. The lowest BCUT2D eigenvalue weighted by atomic mass is 10.3. The van der Waals surface area contributed by atoms with Gasteiger partial charge in [0.2, 0.25) is 0 Å². The highest BCUT2D eigenvalue weighted by Gasteiger charge is 2.04. The van der Waals surface area contributed by atoms with E-state index in [1.165, 1.54) is 9.75 Å². The van der Waals surface area contributed by atoms with Gasteiger partial charge in [0, 0.05) is 42.3 Å². The van der Waals surface area contributed by atoms with Crippen molar-refractivity contribution >= 4 is 23.2 Å². The Bertz CT molecular complexity index is 669. The number of amides is 1. The van der Waals surface area contributed by atoms with Crippen molar-refractivity contribution in [1.82, 2.24) is 20.9 Å². The van der Waals surface area contributed by atoms with E-state index in [2.05, 4.69) is 45.0 Å². The molecule has 128 valence electrons. The standard InChI is InChI=1S/C17H23N5OS/c1-3-14-6-7-15(24-14)12-22-17(18-2)21-10-9-20-16(23)13-5-4-8-19-11-13/h4-8,11H,3,9-10,12H2,1-2H3,(H,20,23)(H2,18,21,22). The third-order valence-electron chi connectivity index (χ3n) is 3.35.